The second-order valence-electron chi connectivity index (χ2n) is 4.31. The molecule has 106 valence electrons. The maximum absolute atomic E-state index is 11.7. The smallest absolute Gasteiger partial charge is 0.319 e. The quantitative estimate of drug-likeness (QED) is 0.819. The van der Waals surface area contributed by atoms with Gasteiger partial charge in [0.15, 0.2) is 0 Å². The third kappa shape index (κ3) is 3.58. The van der Waals surface area contributed by atoms with Gasteiger partial charge in [0.1, 0.15) is 0 Å². The molecule has 0 saturated heterocycles. The molecule has 20 heavy (non-hydrogen) atoms. The second-order valence-corrected chi connectivity index (χ2v) is 4.31. The molecule has 0 aliphatic rings. The van der Waals surface area contributed by atoms with Crippen molar-refractivity contribution in [1.82, 2.24) is 15.1 Å². The Balaban J connectivity index is 2.03. The molecular formula is C14H18N4O2. The Bertz CT molecular complexity index is 580. The van der Waals surface area contributed by atoms with Gasteiger partial charge in [0.2, 0.25) is 0 Å². The third-order valence-electron chi connectivity index (χ3n) is 2.77. The van der Waals surface area contributed by atoms with Crippen molar-refractivity contribution >= 4 is 11.7 Å². The summed E-state index contributed by atoms with van der Waals surface area (Å²) < 4.78 is 6.68. The molecule has 0 spiro atoms. The fourth-order valence-electron chi connectivity index (χ4n) is 1.80. The van der Waals surface area contributed by atoms with Gasteiger partial charge in [-0.2, -0.15) is 5.10 Å². The van der Waals surface area contributed by atoms with Crippen LogP contribution in [0.2, 0.25) is 0 Å². The highest BCUT2D eigenvalue weighted by molar-refractivity contribution is 5.89. The number of benzene rings is 1. The number of urea groups is 1. The minimum atomic E-state index is -0.253. The van der Waals surface area contributed by atoms with E-state index in [-0.39, 0.29) is 6.03 Å². The molecule has 0 saturated carbocycles. The molecule has 0 aliphatic heterocycles. The molecule has 0 aliphatic carbocycles. The molecule has 2 rings (SSSR count). The monoisotopic (exact) mass is 274 g/mol. The van der Waals surface area contributed by atoms with Crippen LogP contribution in [0.5, 0.6) is 0 Å². The van der Waals surface area contributed by atoms with Gasteiger partial charge < -0.3 is 15.4 Å². The molecular weight excluding hydrogens is 256 g/mol. The minimum Gasteiger partial charge on any atom is -0.383 e. The zero-order valence-electron chi connectivity index (χ0n) is 11.6. The molecule has 1 aromatic heterocycles. The highest BCUT2D eigenvalue weighted by Gasteiger charge is 2.04. The number of carbonyl (C=O) groups excluding carboxylic acids is 1. The van der Waals surface area contributed by atoms with E-state index in [1.807, 2.05) is 41.9 Å². The number of ether oxygens (including phenoxy) is 1. The van der Waals surface area contributed by atoms with E-state index in [0.717, 1.165) is 11.4 Å². The molecule has 6 nitrogen and oxygen atoms in total. The number of hydrogen-bond donors (Lipinski definition) is 2. The van der Waals surface area contributed by atoms with Crippen LogP contribution in [-0.4, -0.2) is 36.1 Å². The van der Waals surface area contributed by atoms with Gasteiger partial charge in [-0.1, -0.05) is 6.07 Å². The van der Waals surface area contributed by atoms with Crippen LogP contribution in [0.15, 0.2) is 36.5 Å². The van der Waals surface area contributed by atoms with Gasteiger partial charge >= 0.3 is 6.03 Å². The predicted octanol–water partition coefficient (Wildman–Crippen LogP) is 1.95. The highest BCUT2D eigenvalue weighted by Crippen LogP contribution is 2.15. The number of nitrogens with one attached hydrogen (secondary N) is 2. The zero-order valence-corrected chi connectivity index (χ0v) is 11.6. The van der Waals surface area contributed by atoms with E-state index in [1.54, 1.807) is 13.3 Å². The average Bonchev–Trinajstić information content (AvgIpc) is 2.85. The van der Waals surface area contributed by atoms with Crippen molar-refractivity contribution in [2.24, 2.45) is 0 Å². The Kier molecular flexibility index (Phi) is 4.73. The Labute approximate surface area is 117 Å². The Morgan fingerprint density at radius 3 is 2.95 bits per heavy atom. The van der Waals surface area contributed by atoms with Gasteiger partial charge in [0.25, 0.3) is 0 Å². The van der Waals surface area contributed by atoms with Crippen molar-refractivity contribution in [1.29, 1.82) is 0 Å². The summed E-state index contributed by atoms with van der Waals surface area (Å²) in [7, 11) is 1.59. The summed E-state index contributed by atoms with van der Waals surface area (Å²) in [5, 5.41) is 9.71. The van der Waals surface area contributed by atoms with E-state index < -0.39 is 0 Å². The van der Waals surface area contributed by atoms with Crippen molar-refractivity contribution in [2.45, 2.75) is 6.92 Å². The molecule has 2 amide bonds. The van der Waals surface area contributed by atoms with Crippen molar-refractivity contribution in [3.63, 3.8) is 0 Å². The van der Waals surface area contributed by atoms with Crippen LogP contribution in [0.25, 0.3) is 5.69 Å². The summed E-state index contributed by atoms with van der Waals surface area (Å²) in [4.78, 5) is 11.7. The minimum absolute atomic E-state index is 0.253. The summed E-state index contributed by atoms with van der Waals surface area (Å²) in [6.07, 6.45) is 1.74. The molecule has 0 bridgehead atoms. The van der Waals surface area contributed by atoms with Crippen LogP contribution in [0.3, 0.4) is 0 Å². The molecule has 0 atom stereocenters. The van der Waals surface area contributed by atoms with Gasteiger partial charge in [0.05, 0.1) is 12.3 Å². The normalized spacial score (nSPS) is 10.3. The fraction of sp³-hybridized carbons (Fsp3) is 0.286. The first-order valence-electron chi connectivity index (χ1n) is 6.35. The molecule has 2 N–H and O–H groups in total. The van der Waals surface area contributed by atoms with E-state index in [2.05, 4.69) is 15.7 Å². The van der Waals surface area contributed by atoms with Crippen LogP contribution in [0, 0.1) is 6.92 Å². The summed E-state index contributed by atoms with van der Waals surface area (Å²) in [6.45, 7) is 2.94. The number of methoxy groups -OCH3 is 1. The molecule has 0 unspecified atom stereocenters. The van der Waals surface area contributed by atoms with Crippen LogP contribution in [0.4, 0.5) is 10.5 Å². The standard InChI is InChI=1S/C14H18N4O2/c1-11-6-7-16-18(11)13-5-3-4-12(10-13)17-14(19)15-8-9-20-2/h3-7,10H,8-9H2,1-2H3,(H2,15,17,19). The lowest BCUT2D eigenvalue weighted by Gasteiger charge is -2.09. The zero-order chi connectivity index (χ0) is 14.4. The summed E-state index contributed by atoms with van der Waals surface area (Å²) in [5.41, 5.74) is 2.65. The third-order valence-corrected chi connectivity index (χ3v) is 2.77. The molecule has 2 aromatic rings. The largest absolute Gasteiger partial charge is 0.383 e. The molecule has 6 heteroatoms. The first-order valence-corrected chi connectivity index (χ1v) is 6.35. The van der Waals surface area contributed by atoms with Crippen molar-refractivity contribution in [2.75, 3.05) is 25.6 Å². The lowest BCUT2D eigenvalue weighted by atomic mass is 10.2. The van der Waals surface area contributed by atoms with Gasteiger partial charge in [-0.3, -0.25) is 0 Å². The van der Waals surface area contributed by atoms with E-state index in [1.165, 1.54) is 0 Å². The number of rotatable bonds is 5. The van der Waals surface area contributed by atoms with Gasteiger partial charge in [-0.25, -0.2) is 9.48 Å². The van der Waals surface area contributed by atoms with E-state index >= 15 is 0 Å². The van der Waals surface area contributed by atoms with Gasteiger partial charge in [-0.05, 0) is 31.2 Å². The van der Waals surface area contributed by atoms with Crippen molar-refractivity contribution in [3.8, 4) is 5.69 Å². The number of aryl methyl sites for hydroxylation is 1. The maximum atomic E-state index is 11.7. The maximum Gasteiger partial charge on any atom is 0.319 e. The SMILES string of the molecule is COCCNC(=O)Nc1cccc(-n2nccc2C)c1. The Hall–Kier alpha value is -2.34. The van der Waals surface area contributed by atoms with Crippen molar-refractivity contribution < 1.29 is 9.53 Å². The topological polar surface area (TPSA) is 68.2 Å². The predicted molar refractivity (Wildman–Crippen MR) is 77.2 cm³/mol. The summed E-state index contributed by atoms with van der Waals surface area (Å²) in [5.74, 6) is 0. The molecule has 1 aromatic carbocycles. The molecule has 1 heterocycles. The van der Waals surface area contributed by atoms with E-state index in [9.17, 15) is 4.79 Å². The number of nitrogens with zero attached hydrogens (tertiary/aromatic N) is 2. The lowest BCUT2D eigenvalue weighted by Crippen LogP contribution is -2.31. The molecule has 0 fully saturated rings. The number of amides is 2. The van der Waals surface area contributed by atoms with Crippen LogP contribution in [0.1, 0.15) is 5.69 Å². The number of anilines is 1. The van der Waals surface area contributed by atoms with Crippen LogP contribution in [-0.2, 0) is 4.74 Å². The second kappa shape index (κ2) is 6.72. The fourth-order valence-corrected chi connectivity index (χ4v) is 1.80. The number of hydrogen-bond acceptors (Lipinski definition) is 3. The Morgan fingerprint density at radius 1 is 1.40 bits per heavy atom. The Morgan fingerprint density at radius 2 is 2.25 bits per heavy atom. The number of carbonyl (C=O) groups is 1. The first-order chi connectivity index (χ1) is 9.70. The lowest BCUT2D eigenvalue weighted by molar-refractivity contribution is 0.198. The van der Waals surface area contributed by atoms with Crippen LogP contribution >= 0.6 is 0 Å². The van der Waals surface area contributed by atoms with Gasteiger partial charge in [0, 0.05) is 31.2 Å². The average molecular weight is 274 g/mol. The van der Waals surface area contributed by atoms with E-state index in [4.69, 9.17) is 4.74 Å². The van der Waals surface area contributed by atoms with Crippen LogP contribution < -0.4 is 10.6 Å². The number of aromatic nitrogens is 2. The van der Waals surface area contributed by atoms with Crippen molar-refractivity contribution in [3.05, 3.63) is 42.2 Å². The van der Waals surface area contributed by atoms with Gasteiger partial charge in [-0.15, -0.1) is 0 Å². The summed E-state index contributed by atoms with van der Waals surface area (Å²) in [6, 6.07) is 9.19. The molecule has 0 radical (unpaired) electrons. The first kappa shape index (κ1) is 14.1. The highest BCUT2D eigenvalue weighted by atomic mass is 16.5. The van der Waals surface area contributed by atoms with E-state index in [0.29, 0.717) is 18.8 Å². The summed E-state index contributed by atoms with van der Waals surface area (Å²) >= 11 is 0.